The van der Waals surface area contributed by atoms with Gasteiger partial charge in [0.25, 0.3) is 5.91 Å². The summed E-state index contributed by atoms with van der Waals surface area (Å²) in [6.45, 7) is 1.03. The predicted octanol–water partition coefficient (Wildman–Crippen LogP) is 4.05. The van der Waals surface area contributed by atoms with Crippen molar-refractivity contribution in [3.8, 4) is 0 Å². The van der Waals surface area contributed by atoms with Crippen LogP contribution in [0.1, 0.15) is 58.4 Å². The number of nitrogens with one attached hydrogen (secondary N) is 2. The average Bonchev–Trinajstić information content (AvgIpc) is 2.95. The summed E-state index contributed by atoms with van der Waals surface area (Å²) in [5.74, 6) is -1.13. The third kappa shape index (κ3) is 7.12. The zero-order chi connectivity index (χ0) is 29.0. The summed E-state index contributed by atoms with van der Waals surface area (Å²) in [4.78, 5) is 31.4. The van der Waals surface area contributed by atoms with Gasteiger partial charge in [0.2, 0.25) is 5.91 Å². The fraction of sp³-hybridized carbons (Fsp3) is 0.387. The fourth-order valence-electron chi connectivity index (χ4n) is 5.62. The van der Waals surface area contributed by atoms with Crippen molar-refractivity contribution in [2.45, 2.75) is 56.0 Å². The molecule has 10 heteroatoms. The number of likely N-dealkylation sites (tertiary alicyclic amines) is 1. The molecule has 2 fully saturated rings. The first kappa shape index (κ1) is 28.8. The van der Waals surface area contributed by atoms with Crippen LogP contribution in [-0.4, -0.2) is 58.5 Å². The van der Waals surface area contributed by atoms with Gasteiger partial charge in [0, 0.05) is 48.6 Å². The van der Waals surface area contributed by atoms with E-state index in [0.29, 0.717) is 32.0 Å². The van der Waals surface area contributed by atoms with Crippen LogP contribution >= 0.6 is 0 Å². The number of halogens is 3. The second-order valence-electron chi connectivity index (χ2n) is 10.9. The van der Waals surface area contributed by atoms with Crippen LogP contribution < -0.4 is 10.6 Å². The van der Waals surface area contributed by atoms with E-state index >= 15 is 0 Å². The maximum absolute atomic E-state index is 12.9. The van der Waals surface area contributed by atoms with Crippen molar-refractivity contribution in [2.75, 3.05) is 19.6 Å². The molecular formula is C31H33F3N4O3. The molecule has 0 radical (unpaired) electrons. The SMILES string of the molecule is O=C(CNC(=O)c1cccc(C(F)(F)F)c1)NC1CN(C2CCC(O)(c3ccc(Cc4ccccc4)nc3)CC2)C1. The molecule has 5 rings (SSSR count). The van der Waals surface area contributed by atoms with Gasteiger partial charge in [-0.3, -0.25) is 19.5 Å². The van der Waals surface area contributed by atoms with Gasteiger partial charge in [-0.05, 0) is 55.5 Å². The summed E-state index contributed by atoms with van der Waals surface area (Å²) in [5.41, 5.74) is 1.02. The van der Waals surface area contributed by atoms with E-state index in [1.54, 1.807) is 6.20 Å². The van der Waals surface area contributed by atoms with Crippen molar-refractivity contribution >= 4 is 11.8 Å². The van der Waals surface area contributed by atoms with Gasteiger partial charge in [-0.1, -0.05) is 42.5 Å². The first-order chi connectivity index (χ1) is 19.6. The number of alkyl halides is 3. The molecule has 1 saturated heterocycles. The van der Waals surface area contributed by atoms with Gasteiger partial charge in [0.15, 0.2) is 0 Å². The van der Waals surface area contributed by atoms with E-state index in [2.05, 4.69) is 32.7 Å². The lowest BCUT2D eigenvalue weighted by Crippen LogP contribution is -2.63. The summed E-state index contributed by atoms with van der Waals surface area (Å²) in [6, 6.07) is 18.4. The Hall–Kier alpha value is -3.76. The highest BCUT2D eigenvalue weighted by Crippen LogP contribution is 2.39. The van der Waals surface area contributed by atoms with Crippen molar-refractivity contribution in [3.05, 3.63) is 101 Å². The Labute approximate surface area is 236 Å². The van der Waals surface area contributed by atoms with Gasteiger partial charge >= 0.3 is 6.18 Å². The molecule has 216 valence electrons. The molecule has 41 heavy (non-hydrogen) atoms. The number of hydrogen-bond donors (Lipinski definition) is 3. The minimum Gasteiger partial charge on any atom is -0.385 e. The number of rotatable bonds is 8. The molecule has 7 nitrogen and oxygen atoms in total. The van der Waals surface area contributed by atoms with Crippen LogP contribution in [0.2, 0.25) is 0 Å². The highest BCUT2D eigenvalue weighted by atomic mass is 19.4. The Morgan fingerprint density at radius 3 is 2.39 bits per heavy atom. The third-order valence-electron chi connectivity index (χ3n) is 8.03. The molecule has 2 aliphatic rings. The Morgan fingerprint density at radius 1 is 1.00 bits per heavy atom. The molecule has 2 heterocycles. The van der Waals surface area contributed by atoms with Gasteiger partial charge < -0.3 is 15.7 Å². The van der Waals surface area contributed by atoms with Crippen LogP contribution in [0.25, 0.3) is 0 Å². The van der Waals surface area contributed by atoms with Crippen LogP contribution in [0.15, 0.2) is 72.9 Å². The first-order valence-corrected chi connectivity index (χ1v) is 13.8. The summed E-state index contributed by atoms with van der Waals surface area (Å²) < 4.78 is 38.6. The molecule has 1 aliphatic heterocycles. The molecule has 0 spiro atoms. The molecular weight excluding hydrogens is 533 g/mol. The smallest absolute Gasteiger partial charge is 0.385 e. The Kier molecular flexibility index (Phi) is 8.42. The van der Waals surface area contributed by atoms with Crippen LogP contribution in [0.3, 0.4) is 0 Å². The molecule has 3 aromatic rings. The maximum atomic E-state index is 12.9. The largest absolute Gasteiger partial charge is 0.416 e. The van der Waals surface area contributed by atoms with Gasteiger partial charge in [0.05, 0.1) is 23.8 Å². The van der Waals surface area contributed by atoms with Crippen molar-refractivity contribution in [2.24, 2.45) is 0 Å². The van der Waals surface area contributed by atoms with Crippen molar-refractivity contribution < 1.29 is 27.9 Å². The zero-order valence-electron chi connectivity index (χ0n) is 22.5. The standard InChI is InChI=1S/C31H33F3N4O3/c32-31(33,34)23-8-4-7-22(16-23)29(40)36-18-28(39)37-26-19-38(20-26)27-11-13-30(41,14-12-27)24-9-10-25(35-17-24)15-21-5-2-1-3-6-21/h1-10,16-17,26-27,41H,11-15,18-20H2,(H,36,40)(H,37,39). The Morgan fingerprint density at radius 2 is 1.73 bits per heavy atom. The first-order valence-electron chi connectivity index (χ1n) is 13.8. The summed E-state index contributed by atoms with van der Waals surface area (Å²) in [6.07, 6.45) is 0.910. The minimum absolute atomic E-state index is 0.0601. The fourth-order valence-corrected chi connectivity index (χ4v) is 5.62. The summed E-state index contributed by atoms with van der Waals surface area (Å²) >= 11 is 0. The van der Waals surface area contributed by atoms with E-state index in [1.165, 1.54) is 11.6 Å². The zero-order valence-corrected chi connectivity index (χ0v) is 22.5. The van der Waals surface area contributed by atoms with Crippen LogP contribution in [-0.2, 0) is 23.0 Å². The number of benzene rings is 2. The quantitative estimate of drug-likeness (QED) is 0.383. The lowest BCUT2D eigenvalue weighted by Gasteiger charge is -2.48. The minimum atomic E-state index is -4.55. The van der Waals surface area contributed by atoms with Crippen molar-refractivity contribution in [1.82, 2.24) is 20.5 Å². The maximum Gasteiger partial charge on any atom is 0.416 e. The lowest BCUT2D eigenvalue weighted by atomic mass is 9.77. The summed E-state index contributed by atoms with van der Waals surface area (Å²) in [7, 11) is 0. The number of carbonyl (C=O) groups is 2. The number of pyridine rings is 1. The predicted molar refractivity (Wildman–Crippen MR) is 147 cm³/mol. The molecule has 1 aromatic heterocycles. The number of aliphatic hydroxyl groups is 1. The average molecular weight is 567 g/mol. The third-order valence-corrected chi connectivity index (χ3v) is 8.03. The van der Waals surface area contributed by atoms with Gasteiger partial charge in [-0.25, -0.2) is 0 Å². The Bertz CT molecular complexity index is 1350. The highest BCUT2D eigenvalue weighted by molar-refractivity contribution is 5.96. The lowest BCUT2D eigenvalue weighted by molar-refractivity contribution is -0.137. The topological polar surface area (TPSA) is 94.6 Å². The molecule has 2 amide bonds. The normalized spacial score (nSPS) is 21.6. The van der Waals surface area contributed by atoms with Crippen LogP contribution in [0.5, 0.6) is 0 Å². The van der Waals surface area contributed by atoms with E-state index in [-0.39, 0.29) is 18.2 Å². The Balaban J connectivity index is 1.03. The van der Waals surface area contributed by atoms with E-state index < -0.39 is 29.2 Å². The number of nitrogens with zero attached hydrogens (tertiary/aromatic N) is 2. The van der Waals surface area contributed by atoms with Crippen LogP contribution in [0, 0.1) is 0 Å². The monoisotopic (exact) mass is 566 g/mol. The van der Waals surface area contributed by atoms with Crippen LogP contribution in [0.4, 0.5) is 13.2 Å². The van der Waals surface area contributed by atoms with E-state index in [0.717, 1.165) is 48.7 Å². The highest BCUT2D eigenvalue weighted by Gasteiger charge is 2.40. The number of hydrogen-bond acceptors (Lipinski definition) is 5. The van der Waals surface area contributed by atoms with Gasteiger partial charge in [-0.15, -0.1) is 0 Å². The number of aromatic nitrogens is 1. The number of carbonyl (C=O) groups excluding carboxylic acids is 2. The van der Waals surface area contributed by atoms with E-state index in [9.17, 15) is 27.9 Å². The molecule has 0 bridgehead atoms. The molecule has 1 saturated carbocycles. The molecule has 3 N–H and O–H groups in total. The molecule has 0 unspecified atom stereocenters. The molecule has 1 aliphatic carbocycles. The van der Waals surface area contributed by atoms with Gasteiger partial charge in [0.1, 0.15) is 0 Å². The van der Waals surface area contributed by atoms with E-state index in [1.807, 2.05) is 30.3 Å². The van der Waals surface area contributed by atoms with Crippen molar-refractivity contribution in [3.63, 3.8) is 0 Å². The molecule has 0 atom stereocenters. The van der Waals surface area contributed by atoms with Crippen molar-refractivity contribution in [1.29, 1.82) is 0 Å². The van der Waals surface area contributed by atoms with Gasteiger partial charge in [-0.2, -0.15) is 13.2 Å². The molecule has 2 aromatic carbocycles. The number of amides is 2. The second kappa shape index (κ2) is 12.0. The summed E-state index contributed by atoms with van der Waals surface area (Å²) in [5, 5.41) is 16.6. The second-order valence-corrected chi connectivity index (χ2v) is 10.9. The van der Waals surface area contributed by atoms with E-state index in [4.69, 9.17) is 0 Å².